The highest BCUT2D eigenvalue weighted by atomic mass is 16.5. The van der Waals surface area contributed by atoms with Gasteiger partial charge in [-0.15, -0.1) is 0 Å². The van der Waals surface area contributed by atoms with Gasteiger partial charge in [0.2, 0.25) is 0 Å². The summed E-state index contributed by atoms with van der Waals surface area (Å²) in [7, 11) is 0. The fourth-order valence-corrected chi connectivity index (χ4v) is 1.24. The van der Waals surface area contributed by atoms with Crippen molar-refractivity contribution in [2.75, 3.05) is 6.61 Å². The lowest BCUT2D eigenvalue weighted by Crippen LogP contribution is -1.95. The number of carbonyl (C=O) groups excluding carboxylic acids is 1. The number of hydrogen-bond acceptors (Lipinski definition) is 2. The SMILES string of the molecule is CCCOc1cccc(CC=CC=O)c1. The maximum absolute atomic E-state index is 10.1. The van der Waals surface area contributed by atoms with Gasteiger partial charge >= 0.3 is 0 Å². The minimum atomic E-state index is 0.744. The predicted octanol–water partition coefficient (Wildman–Crippen LogP) is 2.77. The van der Waals surface area contributed by atoms with Crippen LogP contribution in [0.15, 0.2) is 36.4 Å². The predicted molar refractivity (Wildman–Crippen MR) is 61.1 cm³/mol. The van der Waals surface area contributed by atoms with Gasteiger partial charge in [-0.05, 0) is 36.6 Å². The zero-order chi connectivity index (χ0) is 10.9. The van der Waals surface area contributed by atoms with Crippen LogP contribution in [0, 0.1) is 0 Å². The zero-order valence-electron chi connectivity index (χ0n) is 8.98. The van der Waals surface area contributed by atoms with E-state index in [4.69, 9.17) is 4.74 Å². The van der Waals surface area contributed by atoms with Crippen molar-refractivity contribution in [3.63, 3.8) is 0 Å². The van der Waals surface area contributed by atoms with Crippen LogP contribution in [0.25, 0.3) is 0 Å². The van der Waals surface area contributed by atoms with Crippen molar-refractivity contribution in [3.8, 4) is 5.75 Å². The van der Waals surface area contributed by atoms with E-state index < -0.39 is 0 Å². The van der Waals surface area contributed by atoms with E-state index in [1.165, 1.54) is 6.08 Å². The summed E-state index contributed by atoms with van der Waals surface area (Å²) in [5.74, 6) is 0.897. The first-order chi connectivity index (χ1) is 7.36. The Balaban J connectivity index is 2.57. The fourth-order valence-electron chi connectivity index (χ4n) is 1.24. The quantitative estimate of drug-likeness (QED) is 0.526. The largest absolute Gasteiger partial charge is 0.494 e. The van der Waals surface area contributed by atoms with Gasteiger partial charge in [0.1, 0.15) is 12.0 Å². The highest BCUT2D eigenvalue weighted by molar-refractivity contribution is 5.64. The molecule has 0 unspecified atom stereocenters. The van der Waals surface area contributed by atoms with Crippen LogP contribution >= 0.6 is 0 Å². The number of ether oxygens (including phenoxy) is 1. The van der Waals surface area contributed by atoms with E-state index in [-0.39, 0.29) is 0 Å². The number of allylic oxidation sites excluding steroid dienone is 2. The van der Waals surface area contributed by atoms with Crippen molar-refractivity contribution in [1.29, 1.82) is 0 Å². The van der Waals surface area contributed by atoms with Crippen LogP contribution in [0.4, 0.5) is 0 Å². The molecule has 1 aromatic carbocycles. The van der Waals surface area contributed by atoms with E-state index in [1.807, 2.05) is 30.3 Å². The monoisotopic (exact) mass is 204 g/mol. The van der Waals surface area contributed by atoms with E-state index in [0.29, 0.717) is 0 Å². The van der Waals surface area contributed by atoms with Crippen LogP contribution < -0.4 is 4.74 Å². The molecule has 0 aliphatic rings. The normalized spacial score (nSPS) is 10.5. The third kappa shape index (κ3) is 4.45. The summed E-state index contributed by atoms with van der Waals surface area (Å²) < 4.78 is 5.51. The number of hydrogen-bond donors (Lipinski definition) is 0. The van der Waals surface area contributed by atoms with E-state index in [0.717, 1.165) is 37.0 Å². The lowest BCUT2D eigenvalue weighted by Gasteiger charge is -2.05. The molecule has 1 rings (SSSR count). The Morgan fingerprint density at radius 2 is 2.27 bits per heavy atom. The maximum Gasteiger partial charge on any atom is 0.142 e. The minimum Gasteiger partial charge on any atom is -0.494 e. The lowest BCUT2D eigenvalue weighted by molar-refractivity contribution is -0.104. The third-order valence-electron chi connectivity index (χ3n) is 1.94. The Bertz CT molecular complexity index is 329. The van der Waals surface area contributed by atoms with Gasteiger partial charge in [-0.1, -0.05) is 25.1 Å². The topological polar surface area (TPSA) is 26.3 Å². The molecule has 0 atom stereocenters. The summed E-state index contributed by atoms with van der Waals surface area (Å²) in [5, 5.41) is 0. The van der Waals surface area contributed by atoms with Gasteiger partial charge in [0.15, 0.2) is 0 Å². The van der Waals surface area contributed by atoms with Crippen LogP contribution in [0.2, 0.25) is 0 Å². The van der Waals surface area contributed by atoms with Crippen LogP contribution in [0.5, 0.6) is 5.75 Å². The molecule has 0 fully saturated rings. The van der Waals surface area contributed by atoms with Crippen molar-refractivity contribution >= 4 is 6.29 Å². The summed E-state index contributed by atoms with van der Waals surface area (Å²) in [6.07, 6.45) is 5.92. The van der Waals surface area contributed by atoms with Gasteiger partial charge in [0.25, 0.3) is 0 Å². The Morgan fingerprint density at radius 3 is 3.00 bits per heavy atom. The summed E-state index contributed by atoms with van der Waals surface area (Å²) in [6, 6.07) is 7.94. The van der Waals surface area contributed by atoms with Gasteiger partial charge < -0.3 is 4.74 Å². The van der Waals surface area contributed by atoms with Gasteiger partial charge in [-0.2, -0.15) is 0 Å². The molecule has 0 saturated carbocycles. The van der Waals surface area contributed by atoms with Crippen molar-refractivity contribution in [2.24, 2.45) is 0 Å². The zero-order valence-corrected chi connectivity index (χ0v) is 8.98. The summed E-state index contributed by atoms with van der Waals surface area (Å²) >= 11 is 0. The number of aldehydes is 1. The standard InChI is InChI=1S/C13H16O2/c1-2-10-15-13-8-5-7-12(11-13)6-3-4-9-14/h3-5,7-9,11H,2,6,10H2,1H3. The molecule has 2 nitrogen and oxygen atoms in total. The fraction of sp³-hybridized carbons (Fsp3) is 0.308. The summed E-state index contributed by atoms with van der Waals surface area (Å²) in [5.41, 5.74) is 1.15. The Labute approximate surface area is 90.6 Å². The van der Waals surface area contributed by atoms with Gasteiger partial charge in [0, 0.05) is 0 Å². The first kappa shape index (κ1) is 11.5. The lowest BCUT2D eigenvalue weighted by atomic mass is 10.1. The van der Waals surface area contributed by atoms with Gasteiger partial charge in [-0.25, -0.2) is 0 Å². The molecule has 1 aromatic rings. The molecule has 15 heavy (non-hydrogen) atoms. The average Bonchev–Trinajstić information content (AvgIpc) is 2.27. The maximum atomic E-state index is 10.1. The number of carbonyl (C=O) groups is 1. The minimum absolute atomic E-state index is 0.744. The van der Waals surface area contributed by atoms with Crippen LogP contribution in [0.1, 0.15) is 18.9 Å². The second kappa shape index (κ2) is 6.82. The number of rotatable bonds is 6. The Hall–Kier alpha value is -1.57. The number of benzene rings is 1. The molecule has 0 heterocycles. The molecular formula is C13H16O2. The van der Waals surface area contributed by atoms with Crippen molar-refractivity contribution < 1.29 is 9.53 Å². The van der Waals surface area contributed by atoms with Crippen LogP contribution in [-0.4, -0.2) is 12.9 Å². The van der Waals surface area contributed by atoms with E-state index >= 15 is 0 Å². The molecule has 0 radical (unpaired) electrons. The van der Waals surface area contributed by atoms with Crippen molar-refractivity contribution in [1.82, 2.24) is 0 Å². The highest BCUT2D eigenvalue weighted by Gasteiger charge is 1.94. The molecule has 0 bridgehead atoms. The van der Waals surface area contributed by atoms with E-state index in [2.05, 4.69) is 6.92 Å². The van der Waals surface area contributed by atoms with Gasteiger partial charge in [0.05, 0.1) is 6.61 Å². The second-order valence-corrected chi connectivity index (χ2v) is 3.26. The Kier molecular flexibility index (Phi) is 5.23. The molecule has 0 aromatic heterocycles. The molecule has 2 heteroatoms. The van der Waals surface area contributed by atoms with E-state index in [1.54, 1.807) is 0 Å². The highest BCUT2D eigenvalue weighted by Crippen LogP contribution is 2.14. The molecule has 0 aliphatic heterocycles. The summed E-state index contributed by atoms with van der Waals surface area (Å²) in [6.45, 7) is 2.82. The first-order valence-corrected chi connectivity index (χ1v) is 5.19. The van der Waals surface area contributed by atoms with Crippen molar-refractivity contribution in [2.45, 2.75) is 19.8 Å². The van der Waals surface area contributed by atoms with Gasteiger partial charge in [-0.3, -0.25) is 4.79 Å². The van der Waals surface area contributed by atoms with E-state index in [9.17, 15) is 4.79 Å². The average molecular weight is 204 g/mol. The first-order valence-electron chi connectivity index (χ1n) is 5.19. The Morgan fingerprint density at radius 1 is 1.40 bits per heavy atom. The molecule has 0 amide bonds. The van der Waals surface area contributed by atoms with Crippen LogP contribution in [0.3, 0.4) is 0 Å². The smallest absolute Gasteiger partial charge is 0.142 e. The summed E-state index contributed by atoms with van der Waals surface area (Å²) in [4.78, 5) is 10.1. The molecule has 0 saturated heterocycles. The molecule has 0 aliphatic carbocycles. The molecule has 80 valence electrons. The molecule has 0 spiro atoms. The molecule has 0 N–H and O–H groups in total. The van der Waals surface area contributed by atoms with Crippen LogP contribution in [-0.2, 0) is 11.2 Å². The molecular weight excluding hydrogens is 188 g/mol. The second-order valence-electron chi connectivity index (χ2n) is 3.26. The third-order valence-corrected chi connectivity index (χ3v) is 1.94. The van der Waals surface area contributed by atoms with Crippen molar-refractivity contribution in [3.05, 3.63) is 42.0 Å².